The van der Waals surface area contributed by atoms with Crippen LogP contribution in [-0.4, -0.2) is 134 Å². The smallest absolute Gasteiger partial charge is 0.330 e. The zero-order valence-electron chi connectivity index (χ0n) is 44.1. The number of nitrogens with zero attached hydrogens (tertiary/aromatic N) is 2. The topological polar surface area (TPSA) is 276 Å². The van der Waals surface area contributed by atoms with E-state index in [1.807, 2.05) is 64.7 Å². The first-order valence-electron chi connectivity index (χ1n) is 24.0. The Morgan fingerprint density at radius 1 is 0.805 bits per heavy atom. The number of H-pyrrole nitrogens is 1. The monoisotopic (exact) mass is 1180 g/mol. The molecular weight excluding hydrogens is 1110 g/mol. The van der Waals surface area contributed by atoms with Gasteiger partial charge in [-0.15, -0.1) is 0 Å². The second kappa shape index (κ2) is 27.2. The number of esters is 2. The molecule has 2 fully saturated rings. The van der Waals surface area contributed by atoms with E-state index in [0.717, 1.165) is 47.9 Å². The highest BCUT2D eigenvalue weighted by atomic mass is 35.7. The van der Waals surface area contributed by atoms with Crippen LogP contribution in [0.3, 0.4) is 0 Å². The second-order valence-electron chi connectivity index (χ2n) is 20.8. The van der Waals surface area contributed by atoms with Crippen molar-refractivity contribution in [1.29, 1.82) is 0 Å². The lowest BCUT2D eigenvalue weighted by molar-refractivity contribution is -0.151. The molecule has 1 aromatic heterocycles. The number of amides is 1. The van der Waals surface area contributed by atoms with Crippen molar-refractivity contribution >= 4 is 70.9 Å². The fourth-order valence-corrected chi connectivity index (χ4v) is 11.8. The van der Waals surface area contributed by atoms with Gasteiger partial charge in [-0.3, -0.25) is 38.4 Å². The minimum atomic E-state index is -3.48. The zero-order chi connectivity index (χ0) is 57.9. The maximum Gasteiger partial charge on any atom is 0.330 e. The molecule has 0 bridgehead atoms. The number of nitrogens with one attached hydrogen (secondary N) is 3. The van der Waals surface area contributed by atoms with Crippen LogP contribution in [0.4, 0.5) is 8.78 Å². The Kier molecular flexibility index (Phi) is 23.0. The number of halogens is 3. The molecule has 2 aromatic carbocycles. The summed E-state index contributed by atoms with van der Waals surface area (Å²) < 4.78 is 69.5. The zero-order valence-corrected chi connectivity index (χ0v) is 48.3. The maximum absolute atomic E-state index is 15.6. The predicted octanol–water partition coefficient (Wildman–Crippen LogP) is 5.61. The van der Waals surface area contributed by atoms with E-state index in [4.69, 9.17) is 72.5 Å². The first kappa shape index (κ1) is 65.2. The number of allylic oxidation sites excluding steroid dienone is 1. The van der Waals surface area contributed by atoms with Gasteiger partial charge in [0.05, 0.1) is 32.8 Å². The van der Waals surface area contributed by atoms with Crippen molar-refractivity contribution in [2.45, 2.75) is 136 Å². The van der Waals surface area contributed by atoms with Gasteiger partial charge in [0.25, 0.3) is 11.3 Å². The van der Waals surface area contributed by atoms with Gasteiger partial charge in [-0.2, -0.15) is 0 Å². The molecule has 12 atom stereocenters. The number of aliphatic hydroxyl groups excluding tert-OH is 3. The molecule has 3 aliphatic heterocycles. The second-order valence-corrected chi connectivity index (χ2v) is 28.9. The molecule has 0 aliphatic carbocycles. The SMILES string of the molecule is C[C@@]1(F)[C@H](O)[C@@H](CO)O[C@H]1n1ccc(=O)[nH]c1=O.C[C@H](NP(=S)(Cl)Oc1ccccc1)C(=O)OCC(C)(C)C.C[C@H](NP(=S)(OC[C@H]1O[C@@H](N2C=CC(=O)CC2=O)[C@](C)(F)[C@@H]1O)Oc1ccccc1)C(=O)OCC(C)(C)C. The van der Waals surface area contributed by atoms with Gasteiger partial charge < -0.3 is 47.8 Å². The van der Waals surface area contributed by atoms with Crippen molar-refractivity contribution in [3.63, 3.8) is 0 Å². The third-order valence-electron chi connectivity index (χ3n) is 11.1. The van der Waals surface area contributed by atoms with Gasteiger partial charge in [0.15, 0.2) is 29.6 Å². The summed E-state index contributed by atoms with van der Waals surface area (Å²) in [5.41, 5.74) is -6.42. The average Bonchev–Trinajstić information content (AvgIpc) is 3.70. The van der Waals surface area contributed by atoms with Gasteiger partial charge in [0, 0.05) is 18.5 Å². The van der Waals surface area contributed by atoms with Gasteiger partial charge in [0.2, 0.25) is 5.91 Å². The largest absolute Gasteiger partial charge is 0.464 e. The Morgan fingerprint density at radius 2 is 1.29 bits per heavy atom. The molecule has 428 valence electrons. The van der Waals surface area contributed by atoms with E-state index in [9.17, 15) is 43.4 Å². The number of ketones is 1. The normalized spacial score (nSPS) is 26.6. The first-order valence-corrected chi connectivity index (χ1v) is 30.3. The molecule has 2 unspecified atom stereocenters. The van der Waals surface area contributed by atoms with Crippen molar-refractivity contribution in [2.75, 3.05) is 26.4 Å². The van der Waals surface area contributed by atoms with Crippen molar-refractivity contribution in [1.82, 2.24) is 24.6 Å². The fourth-order valence-electron chi connectivity index (χ4n) is 7.00. The summed E-state index contributed by atoms with van der Waals surface area (Å²) in [5.74, 6) is -3.91. The third-order valence-corrected chi connectivity index (χ3v) is 15.7. The highest BCUT2D eigenvalue weighted by Crippen LogP contribution is 2.49. The number of hydrogen-bond acceptors (Lipinski definition) is 18. The minimum absolute atomic E-state index is 0.0862. The molecule has 0 radical (unpaired) electrons. The number of aromatic nitrogens is 2. The summed E-state index contributed by atoms with van der Waals surface area (Å²) >= 11 is 17.1. The molecule has 3 aliphatic rings. The van der Waals surface area contributed by atoms with E-state index in [0.29, 0.717) is 18.1 Å². The van der Waals surface area contributed by atoms with Crippen molar-refractivity contribution in [3.8, 4) is 11.5 Å². The summed E-state index contributed by atoms with van der Waals surface area (Å²) in [6.45, 7) is 13.2. The molecule has 6 N–H and O–H groups in total. The molecule has 0 saturated carbocycles. The van der Waals surface area contributed by atoms with Gasteiger partial charge in [-0.1, -0.05) is 77.9 Å². The number of carbonyl (C=O) groups excluding carboxylic acids is 4. The molecular formula is C49H68ClF2N5O16P2S2. The summed E-state index contributed by atoms with van der Waals surface area (Å²) in [7, 11) is 0. The van der Waals surface area contributed by atoms with Crippen LogP contribution in [0.25, 0.3) is 0 Å². The van der Waals surface area contributed by atoms with Crippen LogP contribution in [0.15, 0.2) is 94.8 Å². The predicted molar refractivity (Wildman–Crippen MR) is 288 cm³/mol. The van der Waals surface area contributed by atoms with E-state index in [1.54, 1.807) is 56.3 Å². The highest BCUT2D eigenvalue weighted by Gasteiger charge is 2.58. The molecule has 28 heteroatoms. The lowest BCUT2D eigenvalue weighted by atomic mass is 9.97. The maximum atomic E-state index is 15.6. The lowest BCUT2D eigenvalue weighted by Crippen LogP contribution is -2.51. The summed E-state index contributed by atoms with van der Waals surface area (Å²) in [5, 5.41) is 35.0. The van der Waals surface area contributed by atoms with Crippen LogP contribution in [0.2, 0.25) is 0 Å². The average molecular weight is 1180 g/mol. The Balaban J connectivity index is 0.000000276. The van der Waals surface area contributed by atoms with Gasteiger partial charge in [-0.05, 0) is 104 Å². The number of ether oxygens (including phenoxy) is 4. The van der Waals surface area contributed by atoms with Gasteiger partial charge in [-0.25, -0.2) is 23.7 Å². The van der Waals surface area contributed by atoms with Crippen LogP contribution in [-0.2, 0) is 66.3 Å². The first-order chi connectivity index (χ1) is 35.6. The number of benzene rings is 2. The molecule has 3 aromatic rings. The number of alkyl halides is 2. The highest BCUT2D eigenvalue weighted by molar-refractivity contribution is 8.23. The molecule has 21 nitrogen and oxygen atoms in total. The Bertz CT molecular complexity index is 2750. The molecule has 77 heavy (non-hydrogen) atoms. The van der Waals surface area contributed by atoms with Crippen LogP contribution in [0, 0.1) is 10.8 Å². The molecule has 1 amide bonds. The molecule has 0 spiro atoms. The minimum Gasteiger partial charge on any atom is -0.464 e. The summed E-state index contributed by atoms with van der Waals surface area (Å²) in [6.07, 6.45) is -5.57. The number of para-hydroxylation sites is 2. The lowest BCUT2D eigenvalue weighted by Gasteiger charge is -2.32. The fraction of sp³-hybridized carbons (Fsp3) is 0.551. The number of rotatable bonds is 18. The van der Waals surface area contributed by atoms with Crippen molar-refractivity contribution in [2.24, 2.45) is 10.8 Å². The van der Waals surface area contributed by atoms with Crippen LogP contribution in [0.1, 0.15) is 81.9 Å². The number of aromatic amines is 1. The van der Waals surface area contributed by atoms with Gasteiger partial charge >= 0.3 is 24.3 Å². The Labute approximate surface area is 460 Å². The molecule has 2 saturated heterocycles. The van der Waals surface area contributed by atoms with E-state index in [1.165, 1.54) is 0 Å². The Hall–Kier alpha value is -4.33. The van der Waals surface area contributed by atoms with E-state index < -0.39 is 127 Å². The van der Waals surface area contributed by atoms with E-state index in [2.05, 4.69) is 10.2 Å². The van der Waals surface area contributed by atoms with Crippen LogP contribution in [0.5, 0.6) is 11.5 Å². The summed E-state index contributed by atoms with van der Waals surface area (Å²) in [4.78, 5) is 73.7. The van der Waals surface area contributed by atoms with Crippen molar-refractivity contribution < 1.29 is 75.8 Å². The van der Waals surface area contributed by atoms with Crippen LogP contribution >= 0.6 is 23.7 Å². The molecule has 6 rings (SSSR count). The van der Waals surface area contributed by atoms with Gasteiger partial charge in [0.1, 0.15) is 48.0 Å². The number of aliphatic hydroxyl groups is 3. The molecule has 4 heterocycles. The third kappa shape index (κ3) is 19.5. The quantitative estimate of drug-likeness (QED) is 0.0513. The number of carbonyl (C=O) groups is 4. The van der Waals surface area contributed by atoms with Crippen LogP contribution < -0.4 is 30.5 Å². The standard InChI is InChI=1S/C25H34FN2O8PS.C14H21ClNO3PS.C10H13FN2O5/c1-16(22(32)33-15-24(2,3)4)27-37(38,36-18-9-7-6-8-10-18)34-14-19-21(31)25(5,26)23(35-19)28-12-11-17(29)13-20(28)30;1-11(13(17)18-10-14(2,3)4)16-20(15,21)19-12-8-6-5-7-9-12;1-10(11)7(16)5(4-14)18-8(10)13-3-2-6(15)12-9(13)17/h6-12,16,19,21,23,31H,13-15H2,1-5H3,(H,27,38);5-9,11H,10H2,1-4H3,(H,16,21);2-3,5,7-8,14,16H,4H2,1H3,(H,12,15,17)/t16-,19+,21+,23+,25+,37?;11-,20?;5-,7-,8-,10-/m001/s1. The Morgan fingerprint density at radius 3 is 1.77 bits per heavy atom. The van der Waals surface area contributed by atoms with Crippen molar-refractivity contribution in [3.05, 3.63) is 106 Å². The summed E-state index contributed by atoms with van der Waals surface area (Å²) in [6, 6.07) is 17.1. The number of hydrogen-bond donors (Lipinski definition) is 6. The van der Waals surface area contributed by atoms with E-state index >= 15 is 4.39 Å². The van der Waals surface area contributed by atoms with E-state index in [-0.39, 0.29) is 17.4 Å².